The molecule has 3 aromatic carbocycles. The minimum absolute atomic E-state index is 0.168. The van der Waals surface area contributed by atoms with Gasteiger partial charge in [0, 0.05) is 0 Å². The summed E-state index contributed by atoms with van der Waals surface area (Å²) in [5, 5.41) is 0. The van der Waals surface area contributed by atoms with Gasteiger partial charge in [-0.1, -0.05) is 98.6 Å². The first-order valence-electron chi connectivity index (χ1n) is 7.32. The molecule has 0 saturated carbocycles. The zero-order chi connectivity index (χ0) is 15.1. The molecule has 2 heteroatoms. The van der Waals surface area contributed by atoms with Crippen LogP contribution in [0.15, 0.2) is 66.7 Å². The van der Waals surface area contributed by atoms with Gasteiger partial charge in [-0.05, 0) is 45.4 Å². The molecular weight excluding hydrogens is 400 g/mol. The average molecular weight is 414 g/mol. The van der Waals surface area contributed by atoms with Crippen molar-refractivity contribution in [3.05, 3.63) is 83.4 Å². The Morgan fingerprint density at radius 3 is 2.18 bits per heavy atom. The molecular formula is C20H14Br2. The van der Waals surface area contributed by atoms with Gasteiger partial charge < -0.3 is 0 Å². The predicted molar refractivity (Wildman–Crippen MR) is 101 cm³/mol. The third kappa shape index (κ3) is 2.35. The van der Waals surface area contributed by atoms with Crippen molar-refractivity contribution in [2.75, 3.05) is 0 Å². The minimum atomic E-state index is 0.168. The lowest BCUT2D eigenvalue weighted by Gasteiger charge is -2.12. The Morgan fingerprint density at radius 2 is 1.36 bits per heavy atom. The summed E-state index contributed by atoms with van der Waals surface area (Å²) in [6, 6.07) is 24.1. The van der Waals surface area contributed by atoms with Crippen molar-refractivity contribution >= 4 is 31.9 Å². The molecule has 0 radical (unpaired) electrons. The van der Waals surface area contributed by atoms with Gasteiger partial charge in [-0.3, -0.25) is 0 Å². The van der Waals surface area contributed by atoms with Crippen LogP contribution in [-0.2, 0) is 6.42 Å². The van der Waals surface area contributed by atoms with Crippen molar-refractivity contribution in [3.63, 3.8) is 0 Å². The Morgan fingerprint density at radius 1 is 0.682 bits per heavy atom. The van der Waals surface area contributed by atoms with Crippen molar-refractivity contribution in [1.29, 1.82) is 0 Å². The molecule has 0 aromatic heterocycles. The lowest BCUT2D eigenvalue weighted by Crippen LogP contribution is -1.89. The fraction of sp³-hybridized carbons (Fsp3) is 0.100. The third-order valence-electron chi connectivity index (χ3n) is 4.30. The second-order valence-corrected chi connectivity index (χ2v) is 8.65. The maximum Gasteiger partial charge on any atom is 0.0952 e. The highest BCUT2D eigenvalue weighted by molar-refractivity contribution is 9.24. The summed E-state index contributed by atoms with van der Waals surface area (Å²) in [4.78, 5) is 0. The molecule has 0 amide bonds. The van der Waals surface area contributed by atoms with Crippen molar-refractivity contribution in [2.45, 2.75) is 10.2 Å². The molecule has 0 fully saturated rings. The number of halogens is 2. The Kier molecular flexibility index (Phi) is 3.67. The second-order valence-electron chi connectivity index (χ2n) is 5.59. The second kappa shape index (κ2) is 5.68. The maximum atomic E-state index is 3.63. The molecule has 22 heavy (non-hydrogen) atoms. The van der Waals surface area contributed by atoms with E-state index in [4.69, 9.17) is 0 Å². The largest absolute Gasteiger partial charge is 0.0952 e. The molecule has 0 heterocycles. The van der Waals surface area contributed by atoms with Crippen LogP contribution in [0.1, 0.15) is 20.4 Å². The summed E-state index contributed by atoms with van der Waals surface area (Å²) in [7, 11) is 0. The number of fused-ring (bicyclic) bond motifs is 3. The Balaban J connectivity index is 1.83. The topological polar surface area (TPSA) is 0 Å². The van der Waals surface area contributed by atoms with Gasteiger partial charge in [0.2, 0.25) is 0 Å². The summed E-state index contributed by atoms with van der Waals surface area (Å²) in [6.45, 7) is 0. The van der Waals surface area contributed by atoms with E-state index < -0.39 is 0 Å². The quantitative estimate of drug-likeness (QED) is 0.320. The summed E-state index contributed by atoms with van der Waals surface area (Å²) in [6.07, 6.45) is 1.04. The standard InChI is InChI=1S/C20H14Br2/c21-20(22)19-8-4-3-7-17(19)14-9-10-18-15(12-14)11-13-5-1-2-6-16(13)18/h1-10,12,20H,11H2. The molecule has 0 atom stereocenters. The van der Waals surface area contributed by atoms with Crippen molar-refractivity contribution in [1.82, 2.24) is 0 Å². The zero-order valence-electron chi connectivity index (χ0n) is 11.9. The van der Waals surface area contributed by atoms with E-state index in [1.807, 2.05) is 0 Å². The Labute approximate surface area is 147 Å². The number of hydrogen-bond donors (Lipinski definition) is 0. The van der Waals surface area contributed by atoms with Gasteiger partial charge in [-0.2, -0.15) is 0 Å². The SMILES string of the molecule is BrC(Br)c1ccccc1-c1ccc2c(c1)Cc1ccccc1-2. The molecule has 0 nitrogen and oxygen atoms in total. The van der Waals surface area contributed by atoms with Gasteiger partial charge in [-0.15, -0.1) is 0 Å². The van der Waals surface area contributed by atoms with Gasteiger partial charge in [0.1, 0.15) is 0 Å². The highest BCUT2D eigenvalue weighted by Crippen LogP contribution is 2.41. The zero-order valence-corrected chi connectivity index (χ0v) is 15.1. The van der Waals surface area contributed by atoms with Crippen molar-refractivity contribution in [3.8, 4) is 22.3 Å². The first-order valence-corrected chi connectivity index (χ1v) is 9.16. The van der Waals surface area contributed by atoms with Gasteiger partial charge >= 0.3 is 0 Å². The van der Waals surface area contributed by atoms with E-state index in [9.17, 15) is 0 Å². The highest BCUT2D eigenvalue weighted by Gasteiger charge is 2.19. The molecule has 1 aliphatic rings. The molecule has 0 saturated heterocycles. The molecule has 0 unspecified atom stereocenters. The van der Waals surface area contributed by atoms with Crippen LogP contribution in [0, 0.1) is 0 Å². The number of benzene rings is 3. The van der Waals surface area contributed by atoms with Crippen LogP contribution < -0.4 is 0 Å². The first kappa shape index (κ1) is 14.2. The van der Waals surface area contributed by atoms with E-state index in [2.05, 4.69) is 98.6 Å². The average Bonchev–Trinajstić information content (AvgIpc) is 2.92. The lowest BCUT2D eigenvalue weighted by molar-refractivity contribution is 1.26. The Bertz CT molecular complexity index is 850. The van der Waals surface area contributed by atoms with Gasteiger partial charge in [0.25, 0.3) is 0 Å². The van der Waals surface area contributed by atoms with Crippen LogP contribution in [-0.4, -0.2) is 0 Å². The number of hydrogen-bond acceptors (Lipinski definition) is 0. The molecule has 108 valence electrons. The van der Waals surface area contributed by atoms with Crippen LogP contribution in [0.4, 0.5) is 0 Å². The number of rotatable bonds is 2. The summed E-state index contributed by atoms with van der Waals surface area (Å²) in [5.74, 6) is 0. The van der Waals surface area contributed by atoms with Crippen molar-refractivity contribution < 1.29 is 0 Å². The molecule has 3 aromatic rings. The van der Waals surface area contributed by atoms with Gasteiger partial charge in [0.05, 0.1) is 3.74 Å². The van der Waals surface area contributed by atoms with E-state index in [1.54, 1.807) is 0 Å². The van der Waals surface area contributed by atoms with Gasteiger partial charge in [-0.25, -0.2) is 0 Å². The van der Waals surface area contributed by atoms with E-state index in [0.717, 1.165) is 6.42 Å². The molecule has 0 spiro atoms. The molecule has 0 N–H and O–H groups in total. The van der Waals surface area contributed by atoms with Crippen LogP contribution >= 0.6 is 31.9 Å². The van der Waals surface area contributed by atoms with E-state index in [-0.39, 0.29) is 3.74 Å². The molecule has 1 aliphatic carbocycles. The summed E-state index contributed by atoms with van der Waals surface area (Å²) in [5.41, 5.74) is 9.45. The lowest BCUT2D eigenvalue weighted by atomic mass is 9.96. The fourth-order valence-corrected chi connectivity index (χ4v) is 4.06. The van der Waals surface area contributed by atoms with Crippen LogP contribution in [0.25, 0.3) is 22.3 Å². The van der Waals surface area contributed by atoms with E-state index >= 15 is 0 Å². The van der Waals surface area contributed by atoms with E-state index in [1.165, 1.54) is 38.9 Å². The summed E-state index contributed by atoms with van der Waals surface area (Å²) >= 11 is 7.27. The summed E-state index contributed by atoms with van der Waals surface area (Å²) < 4.78 is 0.168. The molecule has 0 bridgehead atoms. The number of alkyl halides is 2. The van der Waals surface area contributed by atoms with Crippen LogP contribution in [0.5, 0.6) is 0 Å². The predicted octanol–water partition coefficient (Wildman–Crippen LogP) is 6.71. The van der Waals surface area contributed by atoms with Crippen molar-refractivity contribution in [2.24, 2.45) is 0 Å². The highest BCUT2D eigenvalue weighted by atomic mass is 79.9. The van der Waals surface area contributed by atoms with Crippen LogP contribution in [0.2, 0.25) is 0 Å². The van der Waals surface area contributed by atoms with E-state index in [0.29, 0.717) is 0 Å². The maximum absolute atomic E-state index is 3.63. The first-order chi connectivity index (χ1) is 10.7. The van der Waals surface area contributed by atoms with Gasteiger partial charge in [0.15, 0.2) is 0 Å². The smallest absolute Gasteiger partial charge is 0.0712 e. The molecule has 4 rings (SSSR count). The normalized spacial score (nSPS) is 12.3. The minimum Gasteiger partial charge on any atom is -0.0712 e. The third-order valence-corrected chi connectivity index (χ3v) is 5.29. The Hall–Kier alpha value is -1.38. The monoisotopic (exact) mass is 412 g/mol. The fourth-order valence-electron chi connectivity index (χ4n) is 3.26. The van der Waals surface area contributed by atoms with Crippen LogP contribution in [0.3, 0.4) is 0 Å². The molecule has 0 aliphatic heterocycles.